The van der Waals surface area contributed by atoms with Gasteiger partial charge in [-0.05, 0) is 35.9 Å². The molecule has 21 heavy (non-hydrogen) atoms. The Morgan fingerprint density at radius 1 is 1.14 bits per heavy atom. The fraction of sp³-hybridized carbons (Fsp3) is 0.0667. The normalized spacial score (nSPS) is 10.8. The Balaban J connectivity index is 1.86. The smallest absolute Gasteiger partial charge is 0.260 e. The van der Waals surface area contributed by atoms with Crippen molar-refractivity contribution in [1.29, 1.82) is 0 Å². The number of nitrogen functional groups attached to an aromatic ring is 1. The molecule has 3 aromatic rings. The second kappa shape index (κ2) is 5.54. The highest BCUT2D eigenvalue weighted by atomic mass is 35.5. The minimum absolute atomic E-state index is 0.115. The maximum atomic E-state index is 13.7. The van der Waals surface area contributed by atoms with Gasteiger partial charge in [0, 0.05) is 17.1 Å². The largest absolute Gasteiger partial charge is 0.399 e. The van der Waals surface area contributed by atoms with Crippen LogP contribution >= 0.6 is 11.6 Å². The number of nitrogens with zero attached hydrogens (tertiary/aromatic N) is 2. The standard InChI is InChI=1S/C15H11ClFN3O/c16-10-3-1-9(2-4-10)7-14-19-15(21-20-14)12-8-11(18)5-6-13(12)17/h1-6,8H,7,18H2. The number of nitrogens with two attached hydrogens (primary N) is 1. The molecule has 3 rings (SSSR count). The molecule has 1 aromatic heterocycles. The van der Waals surface area contributed by atoms with E-state index in [1.54, 1.807) is 12.1 Å². The first kappa shape index (κ1) is 13.6. The Morgan fingerprint density at radius 3 is 2.67 bits per heavy atom. The first-order chi connectivity index (χ1) is 10.1. The topological polar surface area (TPSA) is 64.9 Å². The van der Waals surface area contributed by atoms with Gasteiger partial charge in [-0.1, -0.05) is 28.9 Å². The second-order valence-electron chi connectivity index (χ2n) is 4.56. The van der Waals surface area contributed by atoms with Gasteiger partial charge in [-0.25, -0.2) is 4.39 Å². The quantitative estimate of drug-likeness (QED) is 0.749. The number of anilines is 1. The molecule has 2 aromatic carbocycles. The van der Waals surface area contributed by atoms with Crippen LogP contribution < -0.4 is 5.73 Å². The van der Waals surface area contributed by atoms with Gasteiger partial charge in [-0.15, -0.1) is 0 Å². The van der Waals surface area contributed by atoms with E-state index in [0.29, 0.717) is 23.0 Å². The van der Waals surface area contributed by atoms with E-state index < -0.39 is 5.82 Å². The van der Waals surface area contributed by atoms with Crippen LogP contribution in [-0.2, 0) is 6.42 Å². The first-order valence-electron chi connectivity index (χ1n) is 6.24. The average Bonchev–Trinajstić information content (AvgIpc) is 2.92. The van der Waals surface area contributed by atoms with Crippen LogP contribution in [0, 0.1) is 5.82 Å². The number of rotatable bonds is 3. The van der Waals surface area contributed by atoms with Crippen molar-refractivity contribution in [3.63, 3.8) is 0 Å². The summed E-state index contributed by atoms with van der Waals surface area (Å²) in [6.45, 7) is 0. The molecule has 2 N–H and O–H groups in total. The molecule has 0 saturated carbocycles. The molecule has 0 amide bonds. The molecule has 0 aliphatic heterocycles. The van der Waals surface area contributed by atoms with Crippen LogP contribution in [0.4, 0.5) is 10.1 Å². The summed E-state index contributed by atoms with van der Waals surface area (Å²) in [5, 5.41) is 4.52. The highest BCUT2D eigenvalue weighted by Crippen LogP contribution is 2.24. The van der Waals surface area contributed by atoms with E-state index in [2.05, 4.69) is 10.1 Å². The minimum Gasteiger partial charge on any atom is -0.399 e. The van der Waals surface area contributed by atoms with Gasteiger partial charge in [-0.2, -0.15) is 4.98 Å². The van der Waals surface area contributed by atoms with E-state index in [-0.39, 0.29) is 11.5 Å². The van der Waals surface area contributed by atoms with Gasteiger partial charge in [0.1, 0.15) is 5.82 Å². The van der Waals surface area contributed by atoms with E-state index in [1.165, 1.54) is 18.2 Å². The molecule has 0 unspecified atom stereocenters. The molecule has 0 spiro atoms. The molecule has 1 heterocycles. The summed E-state index contributed by atoms with van der Waals surface area (Å²) < 4.78 is 18.8. The number of hydrogen-bond acceptors (Lipinski definition) is 4. The van der Waals surface area contributed by atoms with Crippen molar-refractivity contribution in [2.45, 2.75) is 6.42 Å². The van der Waals surface area contributed by atoms with Crippen molar-refractivity contribution < 1.29 is 8.91 Å². The molecule has 0 bridgehead atoms. The van der Waals surface area contributed by atoms with Crippen LogP contribution in [0.25, 0.3) is 11.5 Å². The van der Waals surface area contributed by atoms with Gasteiger partial charge in [-0.3, -0.25) is 0 Å². The Kier molecular flexibility index (Phi) is 3.58. The zero-order valence-electron chi connectivity index (χ0n) is 10.9. The van der Waals surface area contributed by atoms with Crippen LogP contribution in [0.1, 0.15) is 11.4 Å². The number of benzene rings is 2. The van der Waals surface area contributed by atoms with Crippen molar-refractivity contribution in [3.8, 4) is 11.5 Å². The van der Waals surface area contributed by atoms with E-state index >= 15 is 0 Å². The van der Waals surface area contributed by atoms with Crippen molar-refractivity contribution in [2.24, 2.45) is 0 Å². The molecular formula is C15H11ClFN3O. The highest BCUT2D eigenvalue weighted by Gasteiger charge is 2.14. The molecule has 6 heteroatoms. The summed E-state index contributed by atoms with van der Waals surface area (Å²) in [5.74, 6) is 0.129. The summed E-state index contributed by atoms with van der Waals surface area (Å²) in [6.07, 6.45) is 0.477. The summed E-state index contributed by atoms with van der Waals surface area (Å²) in [5.41, 5.74) is 7.26. The third kappa shape index (κ3) is 3.03. The van der Waals surface area contributed by atoms with E-state index in [0.717, 1.165) is 5.56 Å². The fourth-order valence-corrected chi connectivity index (χ4v) is 2.05. The summed E-state index contributed by atoms with van der Waals surface area (Å²) in [4.78, 5) is 4.19. The van der Waals surface area contributed by atoms with Gasteiger partial charge in [0.2, 0.25) is 0 Å². The lowest BCUT2D eigenvalue weighted by Gasteiger charge is -1.98. The fourth-order valence-electron chi connectivity index (χ4n) is 1.93. The van der Waals surface area contributed by atoms with Gasteiger partial charge in [0.25, 0.3) is 5.89 Å². The van der Waals surface area contributed by atoms with Crippen LogP contribution in [0.3, 0.4) is 0 Å². The lowest BCUT2D eigenvalue weighted by Crippen LogP contribution is -1.92. The molecular weight excluding hydrogens is 293 g/mol. The second-order valence-corrected chi connectivity index (χ2v) is 4.99. The Hall–Kier alpha value is -2.40. The molecule has 0 aliphatic carbocycles. The first-order valence-corrected chi connectivity index (χ1v) is 6.62. The van der Waals surface area contributed by atoms with Gasteiger partial charge in [0.05, 0.1) is 5.56 Å². The maximum absolute atomic E-state index is 13.7. The van der Waals surface area contributed by atoms with E-state index in [4.69, 9.17) is 21.9 Å². The third-order valence-corrected chi connectivity index (χ3v) is 3.22. The monoisotopic (exact) mass is 303 g/mol. The maximum Gasteiger partial charge on any atom is 0.260 e. The Labute approximate surface area is 125 Å². The SMILES string of the molecule is Nc1ccc(F)c(-c2nc(Cc3ccc(Cl)cc3)no2)c1. The van der Waals surface area contributed by atoms with Gasteiger partial charge >= 0.3 is 0 Å². The summed E-state index contributed by atoms with van der Waals surface area (Å²) in [6, 6.07) is 11.5. The molecule has 0 aliphatic rings. The highest BCUT2D eigenvalue weighted by molar-refractivity contribution is 6.30. The lowest BCUT2D eigenvalue weighted by molar-refractivity contribution is 0.421. The minimum atomic E-state index is -0.453. The zero-order valence-corrected chi connectivity index (χ0v) is 11.6. The molecule has 0 radical (unpaired) electrons. The van der Waals surface area contributed by atoms with Crippen molar-refractivity contribution in [1.82, 2.24) is 10.1 Å². The van der Waals surface area contributed by atoms with E-state index in [9.17, 15) is 4.39 Å². The number of aromatic nitrogens is 2. The molecule has 0 fully saturated rings. The predicted molar refractivity (Wildman–Crippen MR) is 78.4 cm³/mol. The number of hydrogen-bond donors (Lipinski definition) is 1. The van der Waals surface area contributed by atoms with Crippen LogP contribution in [0.15, 0.2) is 47.0 Å². The van der Waals surface area contributed by atoms with Crippen molar-refractivity contribution in [2.75, 3.05) is 5.73 Å². The molecule has 106 valence electrons. The van der Waals surface area contributed by atoms with Crippen LogP contribution in [0.5, 0.6) is 0 Å². The number of halogens is 2. The zero-order chi connectivity index (χ0) is 14.8. The molecule has 0 atom stereocenters. The predicted octanol–water partition coefficient (Wildman–Crippen LogP) is 3.70. The van der Waals surface area contributed by atoms with Gasteiger partial charge in [0.15, 0.2) is 5.82 Å². The molecule has 0 saturated heterocycles. The summed E-state index contributed by atoms with van der Waals surface area (Å²) >= 11 is 5.83. The Morgan fingerprint density at radius 2 is 1.90 bits per heavy atom. The lowest BCUT2D eigenvalue weighted by atomic mass is 10.1. The molecule has 4 nitrogen and oxygen atoms in total. The van der Waals surface area contributed by atoms with Gasteiger partial charge < -0.3 is 10.3 Å². The van der Waals surface area contributed by atoms with Crippen molar-refractivity contribution in [3.05, 3.63) is 64.7 Å². The van der Waals surface area contributed by atoms with E-state index in [1.807, 2.05) is 12.1 Å². The van der Waals surface area contributed by atoms with Crippen molar-refractivity contribution >= 4 is 17.3 Å². The van der Waals surface area contributed by atoms with Crippen LogP contribution in [0.2, 0.25) is 5.02 Å². The van der Waals surface area contributed by atoms with Crippen LogP contribution in [-0.4, -0.2) is 10.1 Å². The average molecular weight is 304 g/mol. The third-order valence-electron chi connectivity index (χ3n) is 2.96. The Bertz CT molecular complexity index is 771. The summed E-state index contributed by atoms with van der Waals surface area (Å²) in [7, 11) is 0.